The number of rotatable bonds is 8. The van der Waals surface area contributed by atoms with E-state index in [2.05, 4.69) is 20.6 Å². The molecule has 1 aromatic heterocycles. The summed E-state index contributed by atoms with van der Waals surface area (Å²) < 4.78 is 4.92. The first kappa shape index (κ1) is 19.3. The van der Waals surface area contributed by atoms with Crippen LogP contribution in [0.4, 0.5) is 5.69 Å². The van der Waals surface area contributed by atoms with E-state index in [1.54, 1.807) is 26.3 Å². The van der Waals surface area contributed by atoms with Gasteiger partial charge in [0.2, 0.25) is 5.91 Å². The number of methoxy groups -OCH3 is 1. The number of nitrogens with zero attached hydrogens (tertiary/aromatic N) is 2. The van der Waals surface area contributed by atoms with Crippen molar-refractivity contribution in [3.63, 3.8) is 0 Å². The molecule has 0 atom stereocenters. The summed E-state index contributed by atoms with van der Waals surface area (Å²) in [6.45, 7) is 0.486. The highest BCUT2D eigenvalue weighted by Crippen LogP contribution is 2.13. The highest BCUT2D eigenvalue weighted by molar-refractivity contribution is 6.02. The van der Waals surface area contributed by atoms with Gasteiger partial charge in [-0.2, -0.15) is 0 Å². The molecule has 0 aliphatic carbocycles. The minimum atomic E-state index is -0.339. The highest BCUT2D eigenvalue weighted by Gasteiger charge is 2.09. The van der Waals surface area contributed by atoms with Gasteiger partial charge in [0.25, 0.3) is 5.91 Å². The summed E-state index contributed by atoms with van der Waals surface area (Å²) in [6.07, 6.45) is 7.55. The van der Waals surface area contributed by atoms with Crippen LogP contribution in [0.2, 0.25) is 0 Å². The van der Waals surface area contributed by atoms with Crippen molar-refractivity contribution < 1.29 is 14.3 Å². The predicted molar refractivity (Wildman–Crippen MR) is 99.7 cm³/mol. The molecule has 2 amide bonds. The molecule has 0 saturated heterocycles. The fourth-order valence-corrected chi connectivity index (χ4v) is 2.19. The number of benzene rings is 1. The van der Waals surface area contributed by atoms with E-state index in [9.17, 15) is 9.59 Å². The van der Waals surface area contributed by atoms with Gasteiger partial charge in [0.15, 0.2) is 0 Å². The molecule has 0 radical (unpaired) electrons. The fraction of sp³-hybridized carbons (Fsp3) is 0.263. The van der Waals surface area contributed by atoms with Gasteiger partial charge >= 0.3 is 0 Å². The van der Waals surface area contributed by atoms with Crippen molar-refractivity contribution in [2.24, 2.45) is 0 Å². The van der Waals surface area contributed by atoms with Gasteiger partial charge in [-0.15, -0.1) is 0 Å². The lowest BCUT2D eigenvalue weighted by molar-refractivity contribution is -0.120. The number of carbonyl (C=O) groups excluding carboxylic acids is 2. The van der Waals surface area contributed by atoms with Crippen LogP contribution >= 0.6 is 0 Å². The molecule has 7 nitrogen and oxygen atoms in total. The Morgan fingerprint density at radius 1 is 1.23 bits per heavy atom. The van der Waals surface area contributed by atoms with Crippen molar-refractivity contribution in [2.45, 2.75) is 12.8 Å². The maximum atomic E-state index is 12.3. The second-order valence-electron chi connectivity index (χ2n) is 5.51. The van der Waals surface area contributed by atoms with Crippen LogP contribution in [0.25, 0.3) is 6.08 Å². The first-order valence-corrected chi connectivity index (χ1v) is 8.20. The lowest BCUT2D eigenvalue weighted by Crippen LogP contribution is -2.18. The number of aromatic nitrogens is 2. The molecule has 26 heavy (non-hydrogen) atoms. The maximum absolute atomic E-state index is 12.3. The van der Waals surface area contributed by atoms with Crippen molar-refractivity contribution in [3.05, 3.63) is 59.7 Å². The Balaban J connectivity index is 1.97. The fourth-order valence-electron chi connectivity index (χ4n) is 2.19. The molecule has 0 fully saturated rings. The third-order valence-electron chi connectivity index (χ3n) is 3.56. The van der Waals surface area contributed by atoms with E-state index in [4.69, 9.17) is 4.74 Å². The second-order valence-corrected chi connectivity index (χ2v) is 5.51. The standard InChI is InChI=1S/C19H22N4O3/c1-20-18(24)9-8-14-5-3-6-15(11-14)23-19(25)17-13-21-16(12-22-17)7-4-10-26-2/h3-7,11-13H,8-10H2,1-2H3,(H,20,24)(H,23,25)/b7-4-. The van der Waals surface area contributed by atoms with Crippen LogP contribution < -0.4 is 10.6 Å². The van der Waals surface area contributed by atoms with Crippen LogP contribution in [0.5, 0.6) is 0 Å². The molecular weight excluding hydrogens is 332 g/mol. The maximum Gasteiger partial charge on any atom is 0.275 e. The summed E-state index contributed by atoms with van der Waals surface area (Å²) in [5.74, 6) is -0.359. The van der Waals surface area contributed by atoms with Gasteiger partial charge in [-0.25, -0.2) is 4.98 Å². The number of carbonyl (C=O) groups is 2. The van der Waals surface area contributed by atoms with Gasteiger partial charge in [-0.3, -0.25) is 14.6 Å². The molecular formula is C19H22N4O3. The Hall–Kier alpha value is -3.06. The van der Waals surface area contributed by atoms with Gasteiger partial charge in [-0.1, -0.05) is 18.2 Å². The van der Waals surface area contributed by atoms with E-state index in [1.165, 1.54) is 12.4 Å². The first-order valence-electron chi connectivity index (χ1n) is 8.20. The number of aryl methyl sites for hydroxylation is 1. The number of amides is 2. The van der Waals surface area contributed by atoms with Crippen LogP contribution in [0, 0.1) is 0 Å². The second kappa shape index (κ2) is 10.0. The minimum absolute atomic E-state index is 0.0191. The molecule has 1 aromatic carbocycles. The van der Waals surface area contributed by atoms with E-state index >= 15 is 0 Å². The normalized spacial score (nSPS) is 10.7. The van der Waals surface area contributed by atoms with Crippen LogP contribution in [-0.2, 0) is 16.0 Å². The summed E-state index contributed by atoms with van der Waals surface area (Å²) in [4.78, 5) is 31.9. The lowest BCUT2D eigenvalue weighted by atomic mass is 10.1. The summed E-state index contributed by atoms with van der Waals surface area (Å²) in [5, 5.41) is 5.38. The Labute approximate surface area is 152 Å². The Morgan fingerprint density at radius 3 is 2.77 bits per heavy atom. The SMILES string of the molecule is CNC(=O)CCc1cccc(NC(=O)c2cnc(/C=C\COC)cn2)c1. The van der Waals surface area contributed by atoms with E-state index < -0.39 is 0 Å². The third-order valence-corrected chi connectivity index (χ3v) is 3.56. The molecule has 2 rings (SSSR count). The lowest BCUT2D eigenvalue weighted by Gasteiger charge is -2.07. The van der Waals surface area contributed by atoms with Crippen LogP contribution in [-0.4, -0.2) is 42.5 Å². The third kappa shape index (κ3) is 6.10. The van der Waals surface area contributed by atoms with E-state index in [0.717, 1.165) is 5.56 Å². The highest BCUT2D eigenvalue weighted by atomic mass is 16.5. The Kier molecular flexibility index (Phi) is 7.45. The number of hydrogen-bond donors (Lipinski definition) is 2. The number of hydrogen-bond acceptors (Lipinski definition) is 5. The van der Waals surface area contributed by atoms with Crippen molar-refractivity contribution in [3.8, 4) is 0 Å². The smallest absolute Gasteiger partial charge is 0.275 e. The van der Waals surface area contributed by atoms with Crippen molar-refractivity contribution >= 4 is 23.6 Å². The largest absolute Gasteiger partial charge is 0.381 e. The molecule has 1 heterocycles. The molecule has 0 bridgehead atoms. The van der Waals surface area contributed by atoms with Gasteiger partial charge in [0.05, 0.1) is 24.7 Å². The topological polar surface area (TPSA) is 93.2 Å². The van der Waals surface area contributed by atoms with Crippen LogP contribution in [0.3, 0.4) is 0 Å². The van der Waals surface area contributed by atoms with E-state index in [1.807, 2.05) is 24.3 Å². The van der Waals surface area contributed by atoms with E-state index in [0.29, 0.717) is 30.8 Å². The average molecular weight is 354 g/mol. The summed E-state index contributed by atoms with van der Waals surface area (Å²) >= 11 is 0. The number of ether oxygens (including phenoxy) is 1. The molecule has 0 saturated carbocycles. The van der Waals surface area contributed by atoms with Crippen molar-refractivity contribution in [2.75, 3.05) is 26.1 Å². The minimum Gasteiger partial charge on any atom is -0.381 e. The molecule has 0 aliphatic heterocycles. The molecule has 2 N–H and O–H groups in total. The molecule has 2 aromatic rings. The number of nitrogens with one attached hydrogen (secondary N) is 2. The van der Waals surface area contributed by atoms with Gasteiger partial charge in [-0.05, 0) is 30.2 Å². The monoisotopic (exact) mass is 354 g/mol. The van der Waals surface area contributed by atoms with Crippen LogP contribution in [0.1, 0.15) is 28.2 Å². The summed E-state index contributed by atoms with van der Waals surface area (Å²) in [5.41, 5.74) is 2.49. The van der Waals surface area contributed by atoms with Gasteiger partial charge < -0.3 is 15.4 Å². The first-order chi connectivity index (χ1) is 12.6. The zero-order valence-corrected chi connectivity index (χ0v) is 14.9. The molecule has 0 aliphatic rings. The molecule has 136 valence electrons. The van der Waals surface area contributed by atoms with Crippen molar-refractivity contribution in [1.29, 1.82) is 0 Å². The van der Waals surface area contributed by atoms with Gasteiger partial charge in [0, 0.05) is 26.3 Å². The predicted octanol–water partition coefficient (Wildman–Crippen LogP) is 2.07. The number of anilines is 1. The Bertz CT molecular complexity index is 773. The molecule has 0 unspecified atom stereocenters. The van der Waals surface area contributed by atoms with Crippen LogP contribution in [0.15, 0.2) is 42.7 Å². The summed E-state index contributed by atoms with van der Waals surface area (Å²) in [7, 11) is 3.22. The summed E-state index contributed by atoms with van der Waals surface area (Å²) in [6, 6.07) is 7.39. The molecule has 7 heteroatoms. The zero-order chi connectivity index (χ0) is 18.8. The van der Waals surface area contributed by atoms with Crippen molar-refractivity contribution in [1.82, 2.24) is 15.3 Å². The Morgan fingerprint density at radius 2 is 2.08 bits per heavy atom. The zero-order valence-electron chi connectivity index (χ0n) is 14.9. The quantitative estimate of drug-likeness (QED) is 0.757. The van der Waals surface area contributed by atoms with Gasteiger partial charge in [0.1, 0.15) is 5.69 Å². The van der Waals surface area contributed by atoms with E-state index in [-0.39, 0.29) is 17.5 Å². The molecule has 0 spiro atoms. The average Bonchev–Trinajstić information content (AvgIpc) is 2.67.